The highest BCUT2D eigenvalue weighted by atomic mass is 32.2. The molecule has 6 heteroatoms. The Labute approximate surface area is 190 Å². The average Bonchev–Trinajstić information content (AvgIpc) is 2.80. The Morgan fingerprint density at radius 2 is 1.71 bits per heavy atom. The summed E-state index contributed by atoms with van der Waals surface area (Å²) in [6.07, 6.45) is 1.25. The maximum absolute atomic E-state index is 13.1. The second-order valence-corrected chi connectivity index (χ2v) is 8.76. The van der Waals surface area contributed by atoms with Crippen molar-refractivity contribution in [3.05, 3.63) is 65.7 Å². The van der Waals surface area contributed by atoms with Crippen LogP contribution in [0.25, 0.3) is 0 Å². The third-order valence-electron chi connectivity index (χ3n) is 5.25. The van der Waals surface area contributed by atoms with Gasteiger partial charge in [-0.15, -0.1) is 0 Å². The van der Waals surface area contributed by atoms with Crippen molar-refractivity contribution in [3.63, 3.8) is 0 Å². The van der Waals surface area contributed by atoms with Crippen molar-refractivity contribution in [2.24, 2.45) is 0 Å². The summed E-state index contributed by atoms with van der Waals surface area (Å²) in [5, 5.41) is 3.00. The van der Waals surface area contributed by atoms with Gasteiger partial charge in [0.1, 0.15) is 11.8 Å². The molecule has 31 heavy (non-hydrogen) atoms. The van der Waals surface area contributed by atoms with E-state index in [4.69, 9.17) is 4.74 Å². The molecule has 0 saturated heterocycles. The number of ether oxygens (including phenoxy) is 1. The van der Waals surface area contributed by atoms with Crippen LogP contribution in [0.3, 0.4) is 0 Å². The Bertz CT molecular complexity index is 811. The lowest BCUT2D eigenvalue weighted by molar-refractivity contribution is -0.140. The van der Waals surface area contributed by atoms with Crippen LogP contribution < -0.4 is 10.1 Å². The Balaban J connectivity index is 2.01. The molecule has 2 rings (SSSR count). The molecular formula is C25H34N2O3S. The normalized spacial score (nSPS) is 12.6. The third kappa shape index (κ3) is 8.29. The van der Waals surface area contributed by atoms with Crippen LogP contribution in [0, 0.1) is 0 Å². The van der Waals surface area contributed by atoms with Crippen LogP contribution >= 0.6 is 11.8 Å². The van der Waals surface area contributed by atoms with Gasteiger partial charge in [0, 0.05) is 30.5 Å². The minimum absolute atomic E-state index is 0.0109. The second kappa shape index (κ2) is 13.1. The maximum atomic E-state index is 13.1. The topological polar surface area (TPSA) is 58.6 Å². The van der Waals surface area contributed by atoms with Gasteiger partial charge in [-0.1, -0.05) is 49.4 Å². The summed E-state index contributed by atoms with van der Waals surface area (Å²) in [7, 11) is 1.62. The Hall–Kier alpha value is -2.47. The van der Waals surface area contributed by atoms with Crippen LogP contribution in [-0.2, 0) is 21.9 Å². The number of carbonyl (C=O) groups excluding carboxylic acids is 2. The van der Waals surface area contributed by atoms with E-state index in [0.29, 0.717) is 18.7 Å². The second-order valence-electron chi connectivity index (χ2n) is 7.65. The molecule has 0 aromatic heterocycles. The number of amides is 2. The fourth-order valence-corrected chi connectivity index (χ4v) is 3.93. The van der Waals surface area contributed by atoms with Crippen molar-refractivity contribution in [1.82, 2.24) is 10.2 Å². The van der Waals surface area contributed by atoms with E-state index in [9.17, 15) is 9.59 Å². The highest BCUT2D eigenvalue weighted by molar-refractivity contribution is 7.98. The zero-order chi connectivity index (χ0) is 22.6. The third-order valence-corrected chi connectivity index (χ3v) is 6.28. The van der Waals surface area contributed by atoms with Crippen LogP contribution in [0.15, 0.2) is 54.6 Å². The zero-order valence-electron chi connectivity index (χ0n) is 19.0. The number of hydrogen-bond acceptors (Lipinski definition) is 4. The number of benzene rings is 2. The lowest BCUT2D eigenvalue weighted by Crippen LogP contribution is -2.49. The fraction of sp³-hybridized carbons (Fsp3) is 0.440. The first kappa shape index (κ1) is 24.8. The van der Waals surface area contributed by atoms with Crippen LogP contribution in [0.5, 0.6) is 5.75 Å². The Morgan fingerprint density at radius 3 is 2.32 bits per heavy atom. The molecule has 0 aliphatic heterocycles. The van der Waals surface area contributed by atoms with E-state index >= 15 is 0 Å². The van der Waals surface area contributed by atoms with E-state index < -0.39 is 6.04 Å². The first-order valence-electron chi connectivity index (χ1n) is 10.8. The van der Waals surface area contributed by atoms with Gasteiger partial charge in [-0.05, 0) is 43.5 Å². The Morgan fingerprint density at radius 1 is 1.03 bits per heavy atom. The lowest BCUT2D eigenvalue weighted by atomic mass is 10.1. The summed E-state index contributed by atoms with van der Waals surface area (Å²) in [6.45, 7) is 6.19. The number of hydrogen-bond donors (Lipinski definition) is 1. The molecule has 2 amide bonds. The molecule has 0 heterocycles. The van der Waals surface area contributed by atoms with E-state index in [0.717, 1.165) is 23.5 Å². The minimum Gasteiger partial charge on any atom is -0.497 e. The number of rotatable bonds is 12. The molecule has 0 aliphatic carbocycles. The van der Waals surface area contributed by atoms with Gasteiger partial charge < -0.3 is 15.0 Å². The molecule has 0 bridgehead atoms. The van der Waals surface area contributed by atoms with Gasteiger partial charge in [-0.3, -0.25) is 9.59 Å². The number of nitrogens with one attached hydrogen (secondary N) is 1. The smallest absolute Gasteiger partial charge is 0.242 e. The van der Waals surface area contributed by atoms with Crippen LogP contribution in [0.2, 0.25) is 0 Å². The summed E-state index contributed by atoms with van der Waals surface area (Å²) in [4.78, 5) is 27.5. The number of methoxy groups -OCH3 is 1. The van der Waals surface area contributed by atoms with Gasteiger partial charge in [0.05, 0.1) is 7.11 Å². The van der Waals surface area contributed by atoms with Crippen LogP contribution in [0.1, 0.15) is 44.7 Å². The SMILES string of the molecule is CC[C@@H](C)NC(=O)[C@@H](C)N(Cc1ccc(OC)cc1)C(=O)CCSCc1ccccc1. The first-order chi connectivity index (χ1) is 14.9. The van der Waals surface area contributed by atoms with E-state index in [2.05, 4.69) is 17.4 Å². The van der Waals surface area contributed by atoms with Crippen LogP contribution in [-0.4, -0.2) is 41.7 Å². The van der Waals surface area contributed by atoms with Gasteiger partial charge in [-0.25, -0.2) is 0 Å². The van der Waals surface area contributed by atoms with Crippen molar-refractivity contribution in [2.45, 2.75) is 58.0 Å². The lowest BCUT2D eigenvalue weighted by Gasteiger charge is -2.29. The highest BCUT2D eigenvalue weighted by Crippen LogP contribution is 2.18. The van der Waals surface area contributed by atoms with Crippen molar-refractivity contribution in [3.8, 4) is 5.75 Å². The summed E-state index contributed by atoms with van der Waals surface area (Å²) >= 11 is 1.73. The summed E-state index contributed by atoms with van der Waals surface area (Å²) < 4.78 is 5.22. The minimum atomic E-state index is -0.539. The molecule has 0 fully saturated rings. The number of nitrogens with zero attached hydrogens (tertiary/aromatic N) is 1. The van der Waals surface area contributed by atoms with E-state index in [-0.39, 0.29) is 17.9 Å². The van der Waals surface area contributed by atoms with Gasteiger partial charge >= 0.3 is 0 Å². The molecule has 0 aliphatic rings. The molecule has 5 nitrogen and oxygen atoms in total. The van der Waals surface area contributed by atoms with Gasteiger partial charge in [0.2, 0.25) is 11.8 Å². The summed E-state index contributed by atoms with van der Waals surface area (Å²) in [6, 6.07) is 17.4. The van der Waals surface area contributed by atoms with Gasteiger partial charge in [-0.2, -0.15) is 11.8 Å². The fourth-order valence-electron chi connectivity index (χ4n) is 3.04. The standard InChI is InChI=1S/C25H34N2O3S/c1-5-19(2)26-25(29)20(3)27(17-21-11-13-23(30-4)14-12-21)24(28)15-16-31-18-22-9-7-6-8-10-22/h6-14,19-20H,5,15-18H2,1-4H3,(H,26,29)/t19-,20-/m1/s1. The van der Waals surface area contributed by atoms with E-state index in [1.165, 1.54) is 5.56 Å². The predicted octanol–water partition coefficient (Wildman–Crippen LogP) is 4.65. The molecular weight excluding hydrogens is 408 g/mol. The predicted molar refractivity (Wildman–Crippen MR) is 128 cm³/mol. The average molecular weight is 443 g/mol. The molecule has 2 atom stereocenters. The van der Waals surface area contributed by atoms with E-state index in [1.807, 2.05) is 56.3 Å². The molecule has 0 saturated carbocycles. The zero-order valence-corrected chi connectivity index (χ0v) is 19.8. The first-order valence-corrected chi connectivity index (χ1v) is 11.9. The molecule has 0 unspecified atom stereocenters. The van der Waals surface area contributed by atoms with E-state index in [1.54, 1.807) is 30.7 Å². The molecule has 0 radical (unpaired) electrons. The molecule has 0 spiro atoms. The number of thioether (sulfide) groups is 1. The molecule has 1 N–H and O–H groups in total. The Kier molecular flexibility index (Phi) is 10.4. The van der Waals surface area contributed by atoms with Gasteiger partial charge in [0.15, 0.2) is 0 Å². The molecule has 2 aromatic carbocycles. The molecule has 168 valence electrons. The van der Waals surface area contributed by atoms with Crippen molar-refractivity contribution in [2.75, 3.05) is 12.9 Å². The summed E-state index contributed by atoms with van der Waals surface area (Å²) in [5.74, 6) is 2.22. The quantitative estimate of drug-likeness (QED) is 0.486. The van der Waals surface area contributed by atoms with Crippen molar-refractivity contribution < 1.29 is 14.3 Å². The van der Waals surface area contributed by atoms with Crippen LogP contribution in [0.4, 0.5) is 0 Å². The monoisotopic (exact) mass is 442 g/mol. The maximum Gasteiger partial charge on any atom is 0.242 e. The summed E-state index contributed by atoms with van der Waals surface area (Å²) in [5.41, 5.74) is 2.21. The van der Waals surface area contributed by atoms with Gasteiger partial charge in [0.25, 0.3) is 0 Å². The molecule has 2 aromatic rings. The largest absolute Gasteiger partial charge is 0.497 e. The van der Waals surface area contributed by atoms with Crippen molar-refractivity contribution in [1.29, 1.82) is 0 Å². The highest BCUT2D eigenvalue weighted by Gasteiger charge is 2.26. The van der Waals surface area contributed by atoms with Crippen molar-refractivity contribution >= 4 is 23.6 Å². The number of carbonyl (C=O) groups is 2.